The number of para-hydroxylation sites is 2. The van der Waals surface area contributed by atoms with Crippen molar-refractivity contribution in [2.24, 2.45) is 0 Å². The molecule has 0 N–H and O–H groups in total. The normalized spacial score (nSPS) is 11.8. The number of furan rings is 1. The summed E-state index contributed by atoms with van der Waals surface area (Å²) >= 11 is 0. The third-order valence-corrected chi connectivity index (χ3v) is 11.4. The molecular weight excluding hydrogens is 709 g/mol. The minimum atomic E-state index is 0.613. The fourth-order valence-corrected chi connectivity index (χ4v) is 8.69. The van der Waals surface area contributed by atoms with Gasteiger partial charge in [0.05, 0.1) is 11.0 Å². The Balaban J connectivity index is 1.03. The van der Waals surface area contributed by atoms with Crippen molar-refractivity contribution < 1.29 is 4.42 Å². The Bertz CT molecular complexity index is 3560. The minimum absolute atomic E-state index is 0.613. The molecule has 0 radical (unpaired) electrons. The van der Waals surface area contributed by atoms with Gasteiger partial charge in [0.15, 0.2) is 17.5 Å². The van der Waals surface area contributed by atoms with Gasteiger partial charge in [-0.1, -0.05) is 152 Å². The van der Waals surface area contributed by atoms with Crippen molar-refractivity contribution in [1.82, 2.24) is 19.5 Å². The molecule has 0 fully saturated rings. The average Bonchev–Trinajstić information content (AvgIpc) is 3.83. The van der Waals surface area contributed by atoms with Gasteiger partial charge in [-0.15, -0.1) is 0 Å². The van der Waals surface area contributed by atoms with Crippen LogP contribution in [-0.2, 0) is 0 Å². The lowest BCUT2D eigenvalue weighted by atomic mass is 9.97. The van der Waals surface area contributed by atoms with E-state index in [0.717, 1.165) is 82.6 Å². The maximum atomic E-state index is 6.40. The van der Waals surface area contributed by atoms with Crippen molar-refractivity contribution >= 4 is 65.3 Å². The van der Waals surface area contributed by atoms with E-state index in [1.54, 1.807) is 0 Å². The molecule has 0 unspecified atom stereocenters. The predicted molar refractivity (Wildman–Crippen MR) is 238 cm³/mol. The molecular formula is C53H32N4O. The second-order valence-corrected chi connectivity index (χ2v) is 14.8. The third kappa shape index (κ3) is 5.14. The van der Waals surface area contributed by atoms with Crippen LogP contribution in [0.5, 0.6) is 0 Å². The van der Waals surface area contributed by atoms with Gasteiger partial charge in [-0.3, -0.25) is 0 Å². The molecule has 12 rings (SSSR count). The molecule has 58 heavy (non-hydrogen) atoms. The Hall–Kier alpha value is -7.89. The Kier molecular flexibility index (Phi) is 7.16. The molecule has 0 atom stereocenters. The summed E-state index contributed by atoms with van der Waals surface area (Å²) in [7, 11) is 0. The number of aromatic nitrogens is 4. The first kappa shape index (κ1) is 32.4. The molecule has 0 spiro atoms. The highest BCUT2D eigenvalue weighted by Gasteiger charge is 2.19. The Labute approximate surface area is 333 Å². The van der Waals surface area contributed by atoms with Crippen molar-refractivity contribution in [2.45, 2.75) is 0 Å². The van der Waals surface area contributed by atoms with E-state index in [4.69, 9.17) is 19.4 Å². The Morgan fingerprint density at radius 2 is 0.948 bits per heavy atom. The van der Waals surface area contributed by atoms with Crippen LogP contribution in [0.1, 0.15) is 0 Å². The van der Waals surface area contributed by atoms with Gasteiger partial charge in [-0.25, -0.2) is 15.0 Å². The van der Waals surface area contributed by atoms with E-state index in [1.807, 2.05) is 0 Å². The van der Waals surface area contributed by atoms with E-state index in [-0.39, 0.29) is 0 Å². The van der Waals surface area contributed by atoms with Crippen molar-refractivity contribution in [3.63, 3.8) is 0 Å². The summed E-state index contributed by atoms with van der Waals surface area (Å²) in [6.07, 6.45) is 0. The summed E-state index contributed by atoms with van der Waals surface area (Å²) in [6, 6.07) is 68.0. The van der Waals surface area contributed by atoms with Crippen LogP contribution in [0.3, 0.4) is 0 Å². The first-order chi connectivity index (χ1) is 28.7. The van der Waals surface area contributed by atoms with Crippen molar-refractivity contribution in [2.75, 3.05) is 0 Å². The molecule has 5 nitrogen and oxygen atoms in total. The zero-order valence-corrected chi connectivity index (χ0v) is 31.2. The minimum Gasteiger partial charge on any atom is -0.456 e. The molecule has 0 aliphatic carbocycles. The molecule has 270 valence electrons. The van der Waals surface area contributed by atoms with E-state index in [1.165, 1.54) is 16.2 Å². The second kappa shape index (κ2) is 12.8. The van der Waals surface area contributed by atoms with E-state index < -0.39 is 0 Å². The van der Waals surface area contributed by atoms with Crippen LogP contribution in [0.25, 0.3) is 116 Å². The quantitative estimate of drug-likeness (QED) is 0.176. The smallest absolute Gasteiger partial charge is 0.164 e. The van der Waals surface area contributed by atoms with Gasteiger partial charge in [0, 0.05) is 43.9 Å². The molecule has 12 aromatic rings. The lowest BCUT2D eigenvalue weighted by Crippen LogP contribution is -2.01. The molecule has 5 heteroatoms. The number of nitrogens with zero attached hydrogens (tertiary/aromatic N) is 4. The predicted octanol–water partition coefficient (Wildman–Crippen LogP) is 13.8. The SMILES string of the molecule is c1ccc(-n2c3ccccc3c3ccc(-c4nc(-c5ccc(-c6cccc7oc8cc9ccccc9cc8c67)cc5)nc(-c5cccc6ccccc56)n4)cc32)cc1. The molecule has 0 bridgehead atoms. The maximum absolute atomic E-state index is 6.40. The summed E-state index contributed by atoms with van der Waals surface area (Å²) in [4.78, 5) is 15.6. The third-order valence-electron chi connectivity index (χ3n) is 11.4. The van der Waals surface area contributed by atoms with Crippen molar-refractivity contribution in [3.05, 3.63) is 194 Å². The highest BCUT2D eigenvalue weighted by Crippen LogP contribution is 2.40. The van der Waals surface area contributed by atoms with Crippen LogP contribution in [0, 0.1) is 0 Å². The van der Waals surface area contributed by atoms with Gasteiger partial charge in [-0.2, -0.15) is 0 Å². The number of hydrogen-bond acceptors (Lipinski definition) is 4. The van der Waals surface area contributed by atoms with Crippen LogP contribution in [0.4, 0.5) is 0 Å². The second-order valence-electron chi connectivity index (χ2n) is 14.8. The fourth-order valence-electron chi connectivity index (χ4n) is 8.69. The molecule has 0 saturated carbocycles. The van der Waals surface area contributed by atoms with Gasteiger partial charge in [0.2, 0.25) is 0 Å². The first-order valence-corrected chi connectivity index (χ1v) is 19.5. The number of fused-ring (bicyclic) bond motifs is 8. The molecule has 9 aromatic carbocycles. The summed E-state index contributed by atoms with van der Waals surface area (Å²) < 4.78 is 8.73. The standard InChI is InChI=1S/C53H32N4O/c1-2-16-39(17-3-1)57-46-22-9-8-19-42(46)43-29-28-38(31-47(43)57)52-54-51(55-53(56-52)44-21-10-15-33-12-6-7-18-40(33)44)35-26-24-34(25-27-35)41-20-11-23-48-50(41)45-30-36-13-4-5-14-37(36)32-49(45)58-48/h1-32H. The molecule has 0 saturated heterocycles. The average molecular weight is 741 g/mol. The van der Waals surface area contributed by atoms with E-state index in [2.05, 4.69) is 199 Å². The summed E-state index contributed by atoms with van der Waals surface area (Å²) in [5, 5.41) is 9.18. The lowest BCUT2D eigenvalue weighted by Gasteiger charge is -2.12. The summed E-state index contributed by atoms with van der Waals surface area (Å²) in [6.45, 7) is 0. The summed E-state index contributed by atoms with van der Waals surface area (Å²) in [5.41, 5.74) is 10.1. The van der Waals surface area contributed by atoms with Crippen molar-refractivity contribution in [1.29, 1.82) is 0 Å². The van der Waals surface area contributed by atoms with Crippen LogP contribution < -0.4 is 0 Å². The molecule has 0 amide bonds. The Morgan fingerprint density at radius 1 is 0.345 bits per heavy atom. The molecule has 3 aromatic heterocycles. The van der Waals surface area contributed by atoms with Gasteiger partial charge in [0.25, 0.3) is 0 Å². The van der Waals surface area contributed by atoms with Crippen LogP contribution in [0.2, 0.25) is 0 Å². The van der Waals surface area contributed by atoms with E-state index >= 15 is 0 Å². The molecule has 0 aliphatic heterocycles. The highest BCUT2D eigenvalue weighted by atomic mass is 16.3. The van der Waals surface area contributed by atoms with Gasteiger partial charge >= 0.3 is 0 Å². The lowest BCUT2D eigenvalue weighted by molar-refractivity contribution is 0.669. The first-order valence-electron chi connectivity index (χ1n) is 19.5. The topological polar surface area (TPSA) is 56.7 Å². The number of hydrogen-bond donors (Lipinski definition) is 0. The van der Waals surface area contributed by atoms with E-state index in [0.29, 0.717) is 17.5 Å². The van der Waals surface area contributed by atoms with E-state index in [9.17, 15) is 0 Å². The summed E-state index contributed by atoms with van der Waals surface area (Å²) in [5.74, 6) is 1.86. The largest absolute Gasteiger partial charge is 0.456 e. The van der Waals surface area contributed by atoms with Crippen LogP contribution in [0.15, 0.2) is 199 Å². The zero-order valence-electron chi connectivity index (χ0n) is 31.2. The van der Waals surface area contributed by atoms with Crippen LogP contribution >= 0.6 is 0 Å². The molecule has 0 aliphatic rings. The number of benzene rings is 9. The fraction of sp³-hybridized carbons (Fsp3) is 0. The molecule has 3 heterocycles. The zero-order chi connectivity index (χ0) is 38.2. The van der Waals surface area contributed by atoms with Gasteiger partial charge < -0.3 is 8.98 Å². The monoisotopic (exact) mass is 740 g/mol. The van der Waals surface area contributed by atoms with Crippen LogP contribution in [-0.4, -0.2) is 19.5 Å². The number of rotatable bonds is 5. The Morgan fingerprint density at radius 3 is 1.79 bits per heavy atom. The maximum Gasteiger partial charge on any atom is 0.164 e. The highest BCUT2D eigenvalue weighted by molar-refractivity contribution is 6.15. The van der Waals surface area contributed by atoms with Crippen molar-refractivity contribution in [3.8, 4) is 51.0 Å². The van der Waals surface area contributed by atoms with Gasteiger partial charge in [0.1, 0.15) is 11.2 Å². The van der Waals surface area contributed by atoms with Gasteiger partial charge in [-0.05, 0) is 75.1 Å².